The average Bonchev–Trinajstić information content (AvgIpc) is 3.84. The molecule has 4 N–H and O–H groups in total. The Morgan fingerprint density at radius 2 is 1.50 bits per heavy atom. The van der Waals surface area contributed by atoms with E-state index in [4.69, 9.17) is 21.1 Å². The van der Waals surface area contributed by atoms with Gasteiger partial charge in [0.2, 0.25) is 5.78 Å². The number of hydrogen-bond acceptors (Lipinski definition) is 12. The van der Waals surface area contributed by atoms with E-state index in [0.29, 0.717) is 25.7 Å². The third-order valence-corrected chi connectivity index (χ3v) is 20.9. The predicted octanol–water partition coefficient (Wildman–Crippen LogP) is 6.79. The Kier molecular flexibility index (Phi) is 12.7. The number of carbonyl (C=O) groups excluding carboxylic acids is 4. The van der Waals surface area contributed by atoms with Crippen molar-refractivity contribution in [3.8, 4) is 0 Å². The monoisotopic (exact) mass is 965 g/mol. The molecule has 9 rings (SSSR count). The van der Waals surface area contributed by atoms with Crippen LogP contribution in [-0.2, 0) is 42.1 Å². The summed E-state index contributed by atoms with van der Waals surface area (Å²) in [6, 6.07) is 0. The second-order valence-corrected chi connectivity index (χ2v) is 23.3. The van der Waals surface area contributed by atoms with Gasteiger partial charge in [0.15, 0.2) is 18.0 Å². The Labute approximate surface area is 405 Å². The SMILES string of the molecule is CCC(=O)OCC(=O)C1(OC(=O)CC)[C@@H](C)C[C@H]2[C@@H]3CCC4=CC(=NC)C=C[C@]4(C)[C@@]3(Cl)[C@@H](O)C[C@@]21C.C[C@@H]1C[C@H]2[C@@H]3CCC4=Cc5c(cnn5C)C[C@]4(C)[C@@]3(F)[C@@H](O)C[C@]2(C)[C@@]1(O)C(=O)CO. The summed E-state index contributed by atoms with van der Waals surface area (Å²) in [4.78, 5) is 54.6. The summed E-state index contributed by atoms with van der Waals surface area (Å²) in [6.07, 6.45) is 12.6. The number of ketones is 2. The van der Waals surface area contributed by atoms with Crippen molar-refractivity contribution < 1.29 is 53.5 Å². The van der Waals surface area contributed by atoms with Crippen LogP contribution in [0, 0.1) is 57.2 Å². The fourth-order valence-corrected chi connectivity index (χ4v) is 16.9. The highest BCUT2D eigenvalue weighted by Crippen LogP contribution is 2.73. The molecule has 0 bridgehead atoms. The van der Waals surface area contributed by atoms with Crippen LogP contribution in [0.5, 0.6) is 0 Å². The Hall–Kier alpha value is -3.56. The van der Waals surface area contributed by atoms with Crippen molar-refractivity contribution in [2.75, 3.05) is 20.3 Å². The molecule has 1 heterocycles. The molecule has 0 radical (unpaired) electrons. The maximum Gasteiger partial charge on any atom is 0.306 e. The number of aryl methyl sites for hydroxylation is 1. The predicted molar refractivity (Wildman–Crippen MR) is 254 cm³/mol. The van der Waals surface area contributed by atoms with Gasteiger partial charge in [-0.3, -0.25) is 28.9 Å². The second-order valence-electron chi connectivity index (χ2n) is 22.6. The highest BCUT2D eigenvalue weighted by atomic mass is 35.5. The summed E-state index contributed by atoms with van der Waals surface area (Å²) >= 11 is 7.59. The van der Waals surface area contributed by atoms with E-state index in [1.807, 2.05) is 58.5 Å². The molecule has 8 aliphatic rings. The Balaban J connectivity index is 0.000000186. The van der Waals surface area contributed by atoms with Crippen LogP contribution in [0.3, 0.4) is 0 Å². The maximum absolute atomic E-state index is 17.4. The maximum atomic E-state index is 17.4. The zero-order valence-corrected chi connectivity index (χ0v) is 42.3. The lowest BCUT2D eigenvalue weighted by atomic mass is 9.43. The molecule has 1 unspecified atom stereocenters. The molecule has 0 amide bonds. The third-order valence-electron chi connectivity index (χ3n) is 20.0. The number of carbonyl (C=O) groups is 4. The number of aliphatic hydroxyl groups excluding tert-OH is 3. The molecule has 1 aromatic rings. The van der Waals surface area contributed by atoms with Gasteiger partial charge in [-0.15, -0.1) is 11.6 Å². The van der Waals surface area contributed by atoms with Crippen LogP contribution in [-0.4, -0.2) is 114 Å². The molecule has 15 heteroatoms. The van der Waals surface area contributed by atoms with Gasteiger partial charge in [-0.25, -0.2) is 4.39 Å². The normalized spacial score (nSPS) is 45.6. The summed E-state index contributed by atoms with van der Waals surface area (Å²) in [6.45, 7) is 13.6. The van der Waals surface area contributed by atoms with Crippen molar-refractivity contribution in [1.29, 1.82) is 0 Å². The number of hydrogen-bond donors (Lipinski definition) is 4. The van der Waals surface area contributed by atoms with Crippen molar-refractivity contribution in [2.24, 2.45) is 69.2 Å². The lowest BCUT2D eigenvalue weighted by Gasteiger charge is -2.64. The Morgan fingerprint density at radius 1 is 0.882 bits per heavy atom. The van der Waals surface area contributed by atoms with E-state index in [0.717, 1.165) is 47.4 Å². The molecule has 6 fully saturated rings. The molecule has 1 aromatic heterocycles. The molecule has 0 spiro atoms. The standard InChI is InChI=1S/C29H40ClNO6.C24H33FN2O4/c1-7-24(34)36-16-23(33)29(37-25(35)8-2)17(3)13-21-20-10-9-18-14-19(31-6)11-12-26(18,4)28(20,30)22(32)15-27(21,29)5;1-13-7-17-16-6-5-15-8-18-14(11-26-27(18)4)9-21(15,2)23(16,25)19(29)10-22(17,3)24(13,31)20(30)12-28/h11-12,14,17,20-22,32H,7-10,13,15-16H2,1-6H3;8,11,13,16-17,19,28-29,31H,5-7,9-10,12H2,1-4H3/t17-,20-,21-,22-,26-,27-,28-,29?;13-,16+,17+,19+,21+,22+,23+,24+/m01/s1. The smallest absolute Gasteiger partial charge is 0.306 e. The van der Waals surface area contributed by atoms with Gasteiger partial charge in [-0.05, 0) is 105 Å². The van der Waals surface area contributed by atoms with Gasteiger partial charge in [0.1, 0.15) is 17.9 Å². The summed E-state index contributed by atoms with van der Waals surface area (Å²) in [5, 5.41) is 48.7. The number of aromatic nitrogens is 2. The number of Topliss-reactive ketones (excluding diaryl/α,β-unsaturated/α-hetero) is 2. The van der Waals surface area contributed by atoms with Crippen molar-refractivity contribution in [1.82, 2.24) is 9.78 Å². The zero-order chi connectivity index (χ0) is 49.9. The fourth-order valence-electron chi connectivity index (χ4n) is 16.4. The van der Waals surface area contributed by atoms with E-state index in [9.17, 15) is 39.6 Å². The molecule has 0 aromatic carbocycles. The zero-order valence-electron chi connectivity index (χ0n) is 41.5. The second kappa shape index (κ2) is 17.1. The first-order valence-electron chi connectivity index (χ1n) is 24.9. The molecule has 0 saturated heterocycles. The van der Waals surface area contributed by atoms with Crippen LogP contribution in [0.1, 0.15) is 131 Å². The van der Waals surface area contributed by atoms with Crippen molar-refractivity contribution in [3.63, 3.8) is 0 Å². The first-order valence-corrected chi connectivity index (χ1v) is 25.3. The molecular weight excluding hydrogens is 893 g/mol. The lowest BCUT2D eigenvalue weighted by Crippen LogP contribution is -2.70. The molecule has 16 atom stereocenters. The van der Waals surface area contributed by atoms with Gasteiger partial charge in [0, 0.05) is 60.4 Å². The minimum atomic E-state index is -1.86. The van der Waals surface area contributed by atoms with Gasteiger partial charge >= 0.3 is 11.9 Å². The fraction of sp³-hybridized carbons (Fsp3) is 0.736. The number of aliphatic imine (C=N–C) groups is 1. The lowest BCUT2D eigenvalue weighted by molar-refractivity contribution is -0.226. The quantitative estimate of drug-likeness (QED) is 0.158. The van der Waals surface area contributed by atoms with Crippen LogP contribution in [0.25, 0.3) is 6.08 Å². The molecule has 8 aliphatic carbocycles. The van der Waals surface area contributed by atoms with E-state index in [2.05, 4.69) is 29.2 Å². The summed E-state index contributed by atoms with van der Waals surface area (Å²) in [7, 11) is 3.64. The minimum absolute atomic E-state index is 0.0000134. The largest absolute Gasteiger partial charge is 0.457 e. The van der Waals surface area contributed by atoms with Crippen molar-refractivity contribution >= 4 is 46.9 Å². The van der Waals surface area contributed by atoms with Crippen LogP contribution < -0.4 is 0 Å². The number of rotatable bonds is 8. The molecule has 13 nitrogen and oxygen atoms in total. The summed E-state index contributed by atoms with van der Waals surface area (Å²) in [5.41, 5.74) is -3.39. The van der Waals surface area contributed by atoms with Crippen LogP contribution >= 0.6 is 11.6 Å². The molecular formula is C53H73ClFN3O10. The summed E-state index contributed by atoms with van der Waals surface area (Å²) in [5.74, 6) is -3.66. The van der Waals surface area contributed by atoms with Crippen molar-refractivity contribution in [3.05, 3.63) is 46.8 Å². The molecule has 6 saturated carbocycles. The van der Waals surface area contributed by atoms with Gasteiger partial charge in [-0.1, -0.05) is 72.6 Å². The minimum Gasteiger partial charge on any atom is -0.457 e. The third kappa shape index (κ3) is 6.50. The van der Waals surface area contributed by atoms with Crippen molar-refractivity contribution in [2.45, 2.75) is 160 Å². The molecule has 374 valence electrons. The Morgan fingerprint density at radius 3 is 2.15 bits per heavy atom. The first kappa shape index (κ1) is 50.8. The average molecular weight is 967 g/mol. The number of ether oxygens (including phenoxy) is 2. The highest BCUT2D eigenvalue weighted by molar-refractivity contribution is 6.26. The number of halogens is 2. The van der Waals surface area contributed by atoms with Gasteiger partial charge in [0.05, 0.1) is 34.7 Å². The van der Waals surface area contributed by atoms with Gasteiger partial charge in [0.25, 0.3) is 0 Å². The number of allylic oxidation sites excluding steroid dienone is 5. The Bertz CT molecular complexity index is 2400. The van der Waals surface area contributed by atoms with E-state index < -0.39 is 104 Å². The van der Waals surface area contributed by atoms with Crippen LogP contribution in [0.15, 0.2) is 40.6 Å². The number of alkyl halides is 2. The number of aliphatic hydroxyl groups is 4. The van der Waals surface area contributed by atoms with E-state index in [-0.39, 0.29) is 49.4 Å². The topological polar surface area (TPSA) is 198 Å². The highest BCUT2D eigenvalue weighted by Gasteiger charge is 2.78. The first-order chi connectivity index (χ1) is 31.8. The number of esters is 2. The van der Waals surface area contributed by atoms with Gasteiger partial charge < -0.3 is 29.9 Å². The summed E-state index contributed by atoms with van der Waals surface area (Å²) < 4.78 is 30.5. The van der Waals surface area contributed by atoms with Crippen LogP contribution in [0.2, 0.25) is 0 Å². The number of fused-ring (bicyclic) bond motifs is 11. The number of nitrogens with zero attached hydrogens (tertiary/aromatic N) is 3. The van der Waals surface area contributed by atoms with E-state index in [1.54, 1.807) is 27.1 Å². The van der Waals surface area contributed by atoms with E-state index in [1.165, 1.54) is 0 Å². The van der Waals surface area contributed by atoms with E-state index >= 15 is 4.39 Å². The molecule has 0 aliphatic heterocycles. The van der Waals surface area contributed by atoms with Crippen LogP contribution in [0.4, 0.5) is 4.39 Å². The molecule has 68 heavy (non-hydrogen) atoms. The van der Waals surface area contributed by atoms with Gasteiger partial charge in [-0.2, -0.15) is 5.10 Å².